The highest BCUT2D eigenvalue weighted by molar-refractivity contribution is 6.32. The average molecular weight is 629 g/mol. The van der Waals surface area contributed by atoms with Crippen molar-refractivity contribution in [3.05, 3.63) is 58.9 Å². The number of halogens is 2. The Morgan fingerprint density at radius 3 is 1.97 bits per heavy atom. The molecule has 4 nitrogen and oxygen atoms in total. The molecule has 0 atom stereocenters. The Bertz CT molecular complexity index is 845. The summed E-state index contributed by atoms with van der Waals surface area (Å²) in [6.07, 6.45) is 20.3. The second-order valence-electron chi connectivity index (χ2n) is 9.49. The van der Waals surface area contributed by atoms with Crippen LogP contribution in [0.15, 0.2) is 42.7 Å². The number of aryl methyl sites for hydroxylation is 1. The molecule has 1 aromatic carbocycles. The molecule has 0 saturated carbocycles. The van der Waals surface area contributed by atoms with Crippen LogP contribution in [0.2, 0.25) is 5.02 Å². The summed E-state index contributed by atoms with van der Waals surface area (Å²) in [6.45, 7) is 6.52. The zero-order valence-corrected chi connectivity index (χ0v) is 25.3. The van der Waals surface area contributed by atoms with E-state index in [1.165, 1.54) is 70.6 Å². The van der Waals surface area contributed by atoms with Gasteiger partial charge in [0.15, 0.2) is 12.4 Å². The fourth-order valence-corrected chi connectivity index (χ4v) is 4.42. The van der Waals surface area contributed by atoms with Gasteiger partial charge in [0.25, 0.3) is 0 Å². The summed E-state index contributed by atoms with van der Waals surface area (Å²) in [5.41, 5.74) is 1.98. The Balaban J connectivity index is 0.00000648. The first-order valence-electron chi connectivity index (χ1n) is 13.8. The highest BCUT2D eigenvalue weighted by Gasteiger charge is 2.08. The minimum Gasteiger partial charge on any atom is -1.00 e. The summed E-state index contributed by atoms with van der Waals surface area (Å²) in [5, 5.41) is 3.55. The van der Waals surface area contributed by atoms with Crippen LogP contribution in [0.1, 0.15) is 102 Å². The van der Waals surface area contributed by atoms with Crippen LogP contribution in [0.5, 0.6) is 5.75 Å². The fraction of sp³-hybridized carbons (Fsp3) is 0.600. The topological polar surface area (TPSA) is 42.2 Å². The van der Waals surface area contributed by atoms with Gasteiger partial charge in [-0.05, 0) is 36.6 Å². The summed E-state index contributed by atoms with van der Waals surface area (Å²) in [6, 6.07) is 9.71. The highest BCUT2D eigenvalue weighted by atomic mass is 127. The monoisotopic (exact) mass is 628 g/mol. The smallest absolute Gasteiger partial charge is 0.224 e. The van der Waals surface area contributed by atoms with Crippen molar-refractivity contribution in [1.82, 2.24) is 5.32 Å². The SMILES string of the molecule is CCCCCCCCCCCCCCOc1ccc(CC(=O)NCc2cc[n+](CC)cc2)cc1Cl.[I-]. The lowest BCUT2D eigenvalue weighted by atomic mass is 10.1. The van der Waals surface area contributed by atoms with Gasteiger partial charge in [-0.2, -0.15) is 0 Å². The minimum atomic E-state index is -0.0153. The molecule has 0 radical (unpaired) electrons. The number of ether oxygens (including phenoxy) is 1. The molecule has 1 heterocycles. The summed E-state index contributed by atoms with van der Waals surface area (Å²) in [5.74, 6) is 0.686. The number of pyridine rings is 1. The van der Waals surface area contributed by atoms with Crippen LogP contribution in [-0.4, -0.2) is 12.5 Å². The van der Waals surface area contributed by atoms with Crippen molar-refractivity contribution in [3.63, 3.8) is 0 Å². The van der Waals surface area contributed by atoms with Crippen LogP contribution < -0.4 is 38.6 Å². The zero-order valence-electron chi connectivity index (χ0n) is 22.4. The molecule has 0 aliphatic rings. The van der Waals surface area contributed by atoms with Crippen LogP contribution in [0.25, 0.3) is 0 Å². The van der Waals surface area contributed by atoms with Crippen LogP contribution in [0, 0.1) is 0 Å². The molecule has 1 aromatic heterocycles. The molecule has 0 unspecified atom stereocenters. The summed E-state index contributed by atoms with van der Waals surface area (Å²) >= 11 is 6.41. The minimum absolute atomic E-state index is 0. The van der Waals surface area contributed by atoms with Crippen molar-refractivity contribution in [2.24, 2.45) is 0 Å². The Kier molecular flexibility index (Phi) is 18.8. The third-order valence-corrected chi connectivity index (χ3v) is 6.73. The standard InChI is InChI=1S/C30H45ClN2O2.HI/c1-3-5-6-7-8-9-10-11-12-13-14-15-22-35-29-17-16-27(23-28(29)31)24-30(34)32-25-26-18-20-33(4-2)21-19-26;/h16-21,23H,3-15,22,24-25H2,1-2H3;1H. The van der Waals surface area contributed by atoms with Gasteiger partial charge >= 0.3 is 0 Å². The molecule has 0 spiro atoms. The molecular formula is C30H46ClIN2O2. The van der Waals surface area contributed by atoms with Crippen LogP contribution in [-0.2, 0) is 24.3 Å². The number of carbonyl (C=O) groups is 1. The van der Waals surface area contributed by atoms with E-state index in [4.69, 9.17) is 16.3 Å². The van der Waals surface area contributed by atoms with E-state index < -0.39 is 0 Å². The molecule has 0 aliphatic heterocycles. The molecule has 0 fully saturated rings. The van der Waals surface area contributed by atoms with Crippen molar-refractivity contribution < 1.29 is 38.1 Å². The van der Waals surface area contributed by atoms with Gasteiger partial charge in [0, 0.05) is 18.7 Å². The molecular weight excluding hydrogens is 583 g/mol. The number of hydrogen-bond donors (Lipinski definition) is 1. The van der Waals surface area contributed by atoms with Crippen LogP contribution >= 0.6 is 11.6 Å². The van der Waals surface area contributed by atoms with E-state index in [0.29, 0.717) is 30.3 Å². The number of unbranched alkanes of at least 4 members (excludes halogenated alkanes) is 11. The summed E-state index contributed by atoms with van der Waals surface area (Å²) < 4.78 is 7.97. The number of aromatic nitrogens is 1. The lowest BCUT2D eigenvalue weighted by molar-refractivity contribution is -0.693. The quantitative estimate of drug-likeness (QED) is 0.141. The number of rotatable bonds is 19. The first kappa shape index (κ1) is 32.7. The maximum Gasteiger partial charge on any atom is 0.224 e. The van der Waals surface area contributed by atoms with Crippen molar-refractivity contribution in [2.75, 3.05) is 6.61 Å². The summed E-state index contributed by atoms with van der Waals surface area (Å²) in [7, 11) is 0. The van der Waals surface area contributed by atoms with Crippen molar-refractivity contribution in [1.29, 1.82) is 0 Å². The molecule has 0 saturated heterocycles. The van der Waals surface area contributed by atoms with E-state index in [0.717, 1.165) is 24.1 Å². The van der Waals surface area contributed by atoms with E-state index in [9.17, 15) is 4.79 Å². The number of carbonyl (C=O) groups excluding carboxylic acids is 1. The van der Waals surface area contributed by atoms with E-state index in [1.807, 2.05) is 42.7 Å². The summed E-state index contributed by atoms with van der Waals surface area (Å²) in [4.78, 5) is 12.3. The maximum absolute atomic E-state index is 12.3. The Morgan fingerprint density at radius 2 is 1.42 bits per heavy atom. The number of nitrogens with zero attached hydrogens (tertiary/aromatic N) is 1. The lowest BCUT2D eigenvalue weighted by Gasteiger charge is -2.10. The van der Waals surface area contributed by atoms with Gasteiger partial charge in [0.2, 0.25) is 5.91 Å². The zero-order chi connectivity index (χ0) is 25.1. The second-order valence-corrected chi connectivity index (χ2v) is 9.90. The van der Waals surface area contributed by atoms with Gasteiger partial charge in [0.1, 0.15) is 12.3 Å². The average Bonchev–Trinajstić information content (AvgIpc) is 2.87. The number of nitrogens with one attached hydrogen (secondary N) is 1. The van der Waals surface area contributed by atoms with Gasteiger partial charge in [-0.1, -0.05) is 95.2 Å². The Hall–Kier alpha value is -1.34. The predicted octanol–water partition coefficient (Wildman–Crippen LogP) is 4.59. The third kappa shape index (κ3) is 14.4. The van der Waals surface area contributed by atoms with E-state index in [-0.39, 0.29) is 29.9 Å². The molecule has 2 aromatic rings. The Morgan fingerprint density at radius 1 is 0.833 bits per heavy atom. The first-order valence-corrected chi connectivity index (χ1v) is 14.2. The van der Waals surface area contributed by atoms with Gasteiger partial charge in [-0.3, -0.25) is 4.79 Å². The molecule has 36 heavy (non-hydrogen) atoms. The maximum atomic E-state index is 12.3. The molecule has 6 heteroatoms. The van der Waals surface area contributed by atoms with Gasteiger partial charge < -0.3 is 34.0 Å². The molecule has 0 aliphatic carbocycles. The number of benzene rings is 1. The van der Waals surface area contributed by atoms with Gasteiger partial charge in [-0.15, -0.1) is 0 Å². The predicted molar refractivity (Wildman–Crippen MR) is 146 cm³/mol. The molecule has 202 valence electrons. The third-order valence-electron chi connectivity index (χ3n) is 6.43. The molecule has 0 bridgehead atoms. The van der Waals surface area contributed by atoms with Crippen LogP contribution in [0.4, 0.5) is 0 Å². The van der Waals surface area contributed by atoms with E-state index in [1.54, 1.807) is 0 Å². The normalized spacial score (nSPS) is 10.6. The number of amides is 1. The van der Waals surface area contributed by atoms with Gasteiger partial charge in [0.05, 0.1) is 18.1 Å². The van der Waals surface area contributed by atoms with E-state index >= 15 is 0 Å². The largest absolute Gasteiger partial charge is 1.00 e. The molecule has 1 N–H and O–H groups in total. The first-order chi connectivity index (χ1) is 17.1. The lowest BCUT2D eigenvalue weighted by Crippen LogP contribution is -3.00. The highest BCUT2D eigenvalue weighted by Crippen LogP contribution is 2.26. The molecule has 1 amide bonds. The van der Waals surface area contributed by atoms with Crippen molar-refractivity contribution >= 4 is 17.5 Å². The Labute approximate surface area is 241 Å². The van der Waals surface area contributed by atoms with Crippen LogP contribution in [0.3, 0.4) is 0 Å². The molecule has 2 rings (SSSR count). The van der Waals surface area contributed by atoms with Crippen molar-refractivity contribution in [3.8, 4) is 5.75 Å². The van der Waals surface area contributed by atoms with Crippen molar-refractivity contribution in [2.45, 2.75) is 110 Å². The second kappa shape index (κ2) is 20.7. The number of hydrogen-bond acceptors (Lipinski definition) is 2. The fourth-order valence-electron chi connectivity index (χ4n) is 4.16. The van der Waals surface area contributed by atoms with Gasteiger partial charge in [-0.25, -0.2) is 4.57 Å². The van der Waals surface area contributed by atoms with E-state index in [2.05, 4.69) is 23.7 Å².